The molecule has 0 aliphatic carbocycles. The average molecular weight is 428 g/mol. The van der Waals surface area contributed by atoms with Gasteiger partial charge in [-0.15, -0.1) is 0 Å². The van der Waals surface area contributed by atoms with Gasteiger partial charge in [-0.25, -0.2) is 4.39 Å². The van der Waals surface area contributed by atoms with Crippen molar-refractivity contribution in [2.24, 2.45) is 0 Å². The Kier molecular flexibility index (Phi) is 6.80. The molecule has 3 N–H and O–H groups in total. The van der Waals surface area contributed by atoms with Gasteiger partial charge < -0.3 is 16.0 Å². The largest absolute Gasteiger partial charge is 0.356 e. The van der Waals surface area contributed by atoms with Crippen LogP contribution >= 0.6 is 23.8 Å². The Labute approximate surface area is 179 Å². The predicted octanol–water partition coefficient (Wildman–Crippen LogP) is 5.78. The number of halogens is 2. The number of amides is 1. The van der Waals surface area contributed by atoms with E-state index in [1.165, 1.54) is 18.2 Å². The number of rotatable bonds is 5. The zero-order chi connectivity index (χ0) is 20.8. The van der Waals surface area contributed by atoms with Crippen LogP contribution in [0.2, 0.25) is 5.02 Å². The summed E-state index contributed by atoms with van der Waals surface area (Å²) >= 11 is 11.4. The first-order valence-electron chi connectivity index (χ1n) is 8.91. The maximum absolute atomic E-state index is 13.7. The average Bonchev–Trinajstić information content (AvgIpc) is 2.69. The Balaban J connectivity index is 1.56. The van der Waals surface area contributed by atoms with Crippen molar-refractivity contribution in [1.82, 2.24) is 5.32 Å². The van der Waals surface area contributed by atoms with Crippen LogP contribution in [0.3, 0.4) is 0 Å². The lowest BCUT2D eigenvalue weighted by Crippen LogP contribution is -2.30. The Bertz CT molecular complexity index is 1030. The van der Waals surface area contributed by atoms with E-state index in [0.717, 1.165) is 11.3 Å². The number of nitrogens with one attached hydrogen (secondary N) is 3. The Morgan fingerprint density at radius 3 is 2.28 bits per heavy atom. The molecule has 7 heteroatoms. The molecule has 3 aromatic carbocycles. The van der Waals surface area contributed by atoms with Crippen LogP contribution in [0.4, 0.5) is 15.8 Å². The molecule has 0 saturated heterocycles. The third kappa shape index (κ3) is 5.76. The molecular formula is C22H19ClFN3OS. The molecule has 0 bridgehead atoms. The van der Waals surface area contributed by atoms with Gasteiger partial charge in [-0.2, -0.15) is 0 Å². The highest BCUT2D eigenvalue weighted by Gasteiger charge is 2.11. The number of benzene rings is 3. The molecule has 3 aromatic rings. The number of carbonyl (C=O) groups excluding carboxylic acids is 1. The maximum atomic E-state index is 13.7. The molecule has 4 nitrogen and oxygen atoms in total. The Morgan fingerprint density at radius 1 is 0.966 bits per heavy atom. The van der Waals surface area contributed by atoms with E-state index in [0.29, 0.717) is 15.8 Å². The molecule has 148 valence electrons. The molecule has 0 radical (unpaired) electrons. The fourth-order valence-electron chi connectivity index (χ4n) is 2.70. The number of thiocarbonyl (C=S) groups is 1. The van der Waals surface area contributed by atoms with Crippen molar-refractivity contribution in [2.75, 3.05) is 10.6 Å². The highest BCUT2D eigenvalue weighted by Crippen LogP contribution is 2.19. The number of carbonyl (C=O) groups is 1. The summed E-state index contributed by atoms with van der Waals surface area (Å²) in [6.45, 7) is 1.99. The van der Waals surface area contributed by atoms with E-state index < -0.39 is 11.7 Å². The van der Waals surface area contributed by atoms with Crippen LogP contribution in [-0.2, 0) is 0 Å². The van der Waals surface area contributed by atoms with Crippen molar-refractivity contribution < 1.29 is 9.18 Å². The van der Waals surface area contributed by atoms with E-state index in [4.69, 9.17) is 23.8 Å². The van der Waals surface area contributed by atoms with Gasteiger partial charge in [0, 0.05) is 16.4 Å². The Hall–Kier alpha value is -2.96. The molecule has 1 amide bonds. The van der Waals surface area contributed by atoms with Crippen LogP contribution < -0.4 is 16.0 Å². The van der Waals surface area contributed by atoms with E-state index >= 15 is 0 Å². The molecule has 1 atom stereocenters. The Morgan fingerprint density at radius 2 is 1.62 bits per heavy atom. The van der Waals surface area contributed by atoms with Gasteiger partial charge in [-0.3, -0.25) is 4.79 Å². The SMILES string of the molecule is CC(NC(=S)Nc1ccc(NC(=O)c2ccccc2F)cc1)c1cccc(Cl)c1. The van der Waals surface area contributed by atoms with Crippen molar-refractivity contribution in [3.05, 3.63) is 94.8 Å². The molecule has 0 aromatic heterocycles. The van der Waals surface area contributed by atoms with E-state index in [1.807, 2.05) is 31.2 Å². The summed E-state index contributed by atoms with van der Waals surface area (Å²) in [7, 11) is 0. The number of hydrogen-bond donors (Lipinski definition) is 3. The van der Waals surface area contributed by atoms with Crippen LogP contribution in [-0.4, -0.2) is 11.0 Å². The predicted molar refractivity (Wildman–Crippen MR) is 120 cm³/mol. The molecule has 0 heterocycles. The third-order valence-corrected chi connectivity index (χ3v) is 4.67. The van der Waals surface area contributed by atoms with Crippen molar-refractivity contribution in [3.63, 3.8) is 0 Å². The minimum atomic E-state index is -0.562. The van der Waals surface area contributed by atoms with E-state index in [-0.39, 0.29) is 11.6 Å². The van der Waals surface area contributed by atoms with Gasteiger partial charge in [0.05, 0.1) is 11.6 Å². The molecule has 0 aliphatic heterocycles. The van der Waals surface area contributed by atoms with Gasteiger partial charge >= 0.3 is 0 Å². The molecule has 3 rings (SSSR count). The summed E-state index contributed by atoms with van der Waals surface area (Å²) in [6, 6.07) is 20.4. The van der Waals surface area contributed by atoms with E-state index in [1.54, 1.807) is 30.3 Å². The molecule has 0 aliphatic rings. The molecule has 29 heavy (non-hydrogen) atoms. The van der Waals surface area contributed by atoms with Gasteiger partial charge in [0.25, 0.3) is 5.91 Å². The van der Waals surface area contributed by atoms with Gasteiger partial charge in [0.1, 0.15) is 5.82 Å². The molecule has 0 spiro atoms. The first-order chi connectivity index (χ1) is 13.9. The topological polar surface area (TPSA) is 53.2 Å². The second kappa shape index (κ2) is 9.49. The molecule has 1 unspecified atom stereocenters. The summed E-state index contributed by atoms with van der Waals surface area (Å²) in [5, 5.41) is 10.1. The quantitative estimate of drug-likeness (QED) is 0.452. The van der Waals surface area contributed by atoms with E-state index in [9.17, 15) is 9.18 Å². The second-order valence-corrected chi connectivity index (χ2v) is 7.23. The normalized spacial score (nSPS) is 11.4. The first-order valence-corrected chi connectivity index (χ1v) is 9.70. The zero-order valence-corrected chi connectivity index (χ0v) is 17.2. The van der Waals surface area contributed by atoms with Gasteiger partial charge in [-0.1, -0.05) is 35.9 Å². The van der Waals surface area contributed by atoms with Crippen LogP contribution in [0, 0.1) is 5.82 Å². The lowest BCUT2D eigenvalue weighted by Gasteiger charge is -2.18. The third-order valence-electron chi connectivity index (χ3n) is 4.22. The molecule has 0 saturated carbocycles. The number of anilines is 2. The van der Waals surface area contributed by atoms with Crippen LogP contribution in [0.1, 0.15) is 28.9 Å². The lowest BCUT2D eigenvalue weighted by atomic mass is 10.1. The highest BCUT2D eigenvalue weighted by molar-refractivity contribution is 7.80. The van der Waals surface area contributed by atoms with Crippen molar-refractivity contribution in [1.29, 1.82) is 0 Å². The fraction of sp³-hybridized carbons (Fsp3) is 0.0909. The molecular weight excluding hydrogens is 409 g/mol. The standard InChI is InChI=1S/C22H19ClFN3OS/c1-14(15-5-4-6-16(23)13-15)25-22(29)27-18-11-9-17(10-12-18)26-21(28)19-7-2-3-8-20(19)24/h2-14H,1H3,(H,26,28)(H2,25,27,29). The summed E-state index contributed by atoms with van der Waals surface area (Å²) in [5.41, 5.74) is 2.32. The van der Waals surface area contributed by atoms with Crippen LogP contribution in [0.15, 0.2) is 72.8 Å². The number of hydrogen-bond acceptors (Lipinski definition) is 2. The van der Waals surface area contributed by atoms with Gasteiger partial charge in [-0.05, 0) is 73.2 Å². The smallest absolute Gasteiger partial charge is 0.258 e. The van der Waals surface area contributed by atoms with Crippen molar-refractivity contribution in [2.45, 2.75) is 13.0 Å². The summed E-state index contributed by atoms with van der Waals surface area (Å²) in [5.74, 6) is -1.06. The van der Waals surface area contributed by atoms with Crippen LogP contribution in [0.5, 0.6) is 0 Å². The summed E-state index contributed by atoms with van der Waals surface area (Å²) < 4.78 is 13.7. The zero-order valence-electron chi connectivity index (χ0n) is 15.6. The monoisotopic (exact) mass is 427 g/mol. The van der Waals surface area contributed by atoms with Gasteiger partial charge in [0.15, 0.2) is 5.11 Å². The maximum Gasteiger partial charge on any atom is 0.258 e. The highest BCUT2D eigenvalue weighted by atomic mass is 35.5. The van der Waals surface area contributed by atoms with Crippen LogP contribution in [0.25, 0.3) is 0 Å². The fourth-order valence-corrected chi connectivity index (χ4v) is 3.20. The van der Waals surface area contributed by atoms with Crippen molar-refractivity contribution >= 4 is 46.2 Å². The minimum Gasteiger partial charge on any atom is -0.356 e. The van der Waals surface area contributed by atoms with Gasteiger partial charge in [0.2, 0.25) is 0 Å². The minimum absolute atomic E-state index is 0.00455. The first kappa shape index (κ1) is 20.8. The summed E-state index contributed by atoms with van der Waals surface area (Å²) in [4.78, 5) is 12.2. The lowest BCUT2D eigenvalue weighted by molar-refractivity contribution is 0.102. The van der Waals surface area contributed by atoms with Crippen molar-refractivity contribution in [3.8, 4) is 0 Å². The second-order valence-electron chi connectivity index (χ2n) is 6.39. The van der Waals surface area contributed by atoms with E-state index in [2.05, 4.69) is 16.0 Å². The molecule has 0 fully saturated rings. The summed E-state index contributed by atoms with van der Waals surface area (Å²) in [6.07, 6.45) is 0.